The number of rotatable bonds is 4. The van der Waals surface area contributed by atoms with Gasteiger partial charge in [-0.3, -0.25) is 9.69 Å². The van der Waals surface area contributed by atoms with E-state index in [1.165, 1.54) is 16.8 Å². The number of piperazine rings is 1. The fraction of sp³-hybridized carbons (Fsp3) is 0.381. The Morgan fingerprint density at radius 1 is 0.960 bits per heavy atom. The van der Waals surface area contributed by atoms with Crippen LogP contribution in [0.5, 0.6) is 0 Å². The Hall–Kier alpha value is -2.33. The second-order valence-corrected chi connectivity index (χ2v) is 6.97. The van der Waals surface area contributed by atoms with Crippen molar-refractivity contribution in [1.29, 1.82) is 0 Å². The lowest BCUT2D eigenvalue weighted by Gasteiger charge is -2.35. The molecule has 1 fully saturated rings. The Morgan fingerprint density at radius 2 is 1.68 bits per heavy atom. The maximum absolute atomic E-state index is 12.3. The standard InChI is InChI=1S/C21H27N3O/c1-16-5-4-6-19(14-16)24-11-9-23(10-12-24)15-21(25)22-20-8-7-17(2)13-18(20)3/h4-8,13-14H,9-12,15H2,1-3H3,(H,22,25). The van der Waals surface area contributed by atoms with Gasteiger partial charge in [0.2, 0.25) is 5.91 Å². The molecule has 1 aliphatic heterocycles. The first-order valence-electron chi connectivity index (χ1n) is 8.92. The van der Waals surface area contributed by atoms with Crippen LogP contribution in [0.3, 0.4) is 0 Å². The van der Waals surface area contributed by atoms with E-state index >= 15 is 0 Å². The zero-order valence-electron chi connectivity index (χ0n) is 15.4. The number of benzene rings is 2. The first-order valence-corrected chi connectivity index (χ1v) is 8.92. The van der Waals surface area contributed by atoms with Crippen molar-refractivity contribution in [3.8, 4) is 0 Å². The molecule has 2 aromatic rings. The maximum atomic E-state index is 12.3. The minimum absolute atomic E-state index is 0.0657. The van der Waals surface area contributed by atoms with Crippen LogP contribution < -0.4 is 10.2 Å². The summed E-state index contributed by atoms with van der Waals surface area (Å²) in [6.45, 7) is 10.4. The Morgan fingerprint density at radius 3 is 2.36 bits per heavy atom. The predicted molar refractivity (Wildman–Crippen MR) is 104 cm³/mol. The monoisotopic (exact) mass is 337 g/mol. The third-order valence-electron chi connectivity index (χ3n) is 4.76. The highest BCUT2D eigenvalue weighted by atomic mass is 16.2. The van der Waals surface area contributed by atoms with Crippen LogP contribution in [-0.2, 0) is 4.79 Å². The molecule has 0 atom stereocenters. The number of amides is 1. The molecule has 0 saturated carbocycles. The number of aryl methyl sites for hydroxylation is 3. The van der Waals surface area contributed by atoms with Crippen LogP contribution in [0.4, 0.5) is 11.4 Å². The van der Waals surface area contributed by atoms with Crippen LogP contribution in [0.15, 0.2) is 42.5 Å². The summed E-state index contributed by atoms with van der Waals surface area (Å²) < 4.78 is 0. The van der Waals surface area contributed by atoms with Crippen molar-refractivity contribution < 1.29 is 4.79 Å². The number of nitrogens with zero attached hydrogens (tertiary/aromatic N) is 2. The molecule has 0 aromatic heterocycles. The summed E-state index contributed by atoms with van der Waals surface area (Å²) >= 11 is 0. The highest BCUT2D eigenvalue weighted by Crippen LogP contribution is 2.18. The highest BCUT2D eigenvalue weighted by Gasteiger charge is 2.19. The van der Waals surface area contributed by atoms with E-state index in [1.54, 1.807) is 0 Å². The number of anilines is 2. The molecular weight excluding hydrogens is 310 g/mol. The van der Waals surface area contributed by atoms with Crippen LogP contribution in [0.25, 0.3) is 0 Å². The van der Waals surface area contributed by atoms with Gasteiger partial charge in [-0.05, 0) is 50.1 Å². The van der Waals surface area contributed by atoms with Gasteiger partial charge in [0.15, 0.2) is 0 Å². The fourth-order valence-electron chi connectivity index (χ4n) is 3.34. The first kappa shape index (κ1) is 17.5. The van der Waals surface area contributed by atoms with Gasteiger partial charge in [0, 0.05) is 37.6 Å². The van der Waals surface area contributed by atoms with Gasteiger partial charge in [0.05, 0.1) is 6.54 Å². The smallest absolute Gasteiger partial charge is 0.238 e. The van der Waals surface area contributed by atoms with E-state index in [0.717, 1.165) is 37.4 Å². The molecule has 0 spiro atoms. The van der Waals surface area contributed by atoms with Gasteiger partial charge in [0.1, 0.15) is 0 Å². The van der Waals surface area contributed by atoms with Gasteiger partial charge in [-0.2, -0.15) is 0 Å². The Kier molecular flexibility index (Phi) is 5.39. The van der Waals surface area contributed by atoms with Crippen molar-refractivity contribution >= 4 is 17.3 Å². The van der Waals surface area contributed by atoms with Gasteiger partial charge in [-0.15, -0.1) is 0 Å². The molecule has 25 heavy (non-hydrogen) atoms. The minimum atomic E-state index is 0.0657. The van der Waals surface area contributed by atoms with E-state index in [2.05, 4.69) is 59.3 Å². The van der Waals surface area contributed by atoms with Crippen molar-refractivity contribution in [2.24, 2.45) is 0 Å². The van der Waals surface area contributed by atoms with Crippen LogP contribution in [0, 0.1) is 20.8 Å². The minimum Gasteiger partial charge on any atom is -0.369 e. The summed E-state index contributed by atoms with van der Waals surface area (Å²) in [7, 11) is 0. The van der Waals surface area contributed by atoms with Crippen molar-refractivity contribution in [3.05, 3.63) is 59.2 Å². The molecule has 0 aliphatic carbocycles. The summed E-state index contributed by atoms with van der Waals surface area (Å²) in [5.74, 6) is 0.0657. The number of carbonyl (C=O) groups excluding carboxylic acids is 1. The van der Waals surface area contributed by atoms with Crippen LogP contribution in [0.1, 0.15) is 16.7 Å². The quantitative estimate of drug-likeness (QED) is 0.929. The maximum Gasteiger partial charge on any atom is 0.238 e. The van der Waals surface area contributed by atoms with Gasteiger partial charge in [-0.1, -0.05) is 29.8 Å². The largest absolute Gasteiger partial charge is 0.369 e. The Bertz CT molecular complexity index is 749. The third kappa shape index (κ3) is 4.60. The molecule has 1 heterocycles. The van der Waals surface area contributed by atoms with Crippen molar-refractivity contribution in [2.45, 2.75) is 20.8 Å². The summed E-state index contributed by atoms with van der Waals surface area (Å²) in [6, 6.07) is 14.7. The van der Waals surface area contributed by atoms with Crippen LogP contribution >= 0.6 is 0 Å². The van der Waals surface area contributed by atoms with E-state index in [0.29, 0.717) is 6.54 Å². The zero-order valence-corrected chi connectivity index (χ0v) is 15.4. The molecule has 1 aliphatic rings. The number of hydrogen-bond acceptors (Lipinski definition) is 3. The van der Waals surface area contributed by atoms with E-state index in [9.17, 15) is 4.79 Å². The Labute approximate surface area is 150 Å². The summed E-state index contributed by atoms with van der Waals surface area (Å²) in [6.07, 6.45) is 0. The SMILES string of the molecule is Cc1cccc(N2CCN(CC(=O)Nc3ccc(C)cc3C)CC2)c1. The fourth-order valence-corrected chi connectivity index (χ4v) is 3.34. The van der Waals surface area contributed by atoms with Gasteiger partial charge in [0.25, 0.3) is 0 Å². The number of hydrogen-bond donors (Lipinski definition) is 1. The lowest BCUT2D eigenvalue weighted by molar-refractivity contribution is -0.117. The molecule has 0 radical (unpaired) electrons. The molecule has 4 heteroatoms. The molecule has 2 aromatic carbocycles. The van der Waals surface area contributed by atoms with Crippen LogP contribution in [-0.4, -0.2) is 43.5 Å². The molecule has 1 amide bonds. The average Bonchev–Trinajstić information content (AvgIpc) is 2.58. The molecule has 3 rings (SSSR count). The van der Waals surface area contributed by atoms with Gasteiger partial charge >= 0.3 is 0 Å². The van der Waals surface area contributed by atoms with Gasteiger partial charge < -0.3 is 10.2 Å². The molecule has 132 valence electrons. The molecular formula is C21H27N3O. The van der Waals surface area contributed by atoms with Crippen LogP contribution in [0.2, 0.25) is 0 Å². The highest BCUT2D eigenvalue weighted by molar-refractivity contribution is 5.93. The molecule has 1 saturated heterocycles. The average molecular weight is 337 g/mol. The summed E-state index contributed by atoms with van der Waals surface area (Å²) in [5.41, 5.74) is 5.79. The molecule has 1 N–H and O–H groups in total. The summed E-state index contributed by atoms with van der Waals surface area (Å²) in [4.78, 5) is 17.0. The third-order valence-corrected chi connectivity index (χ3v) is 4.76. The molecule has 0 bridgehead atoms. The normalized spacial score (nSPS) is 15.2. The van der Waals surface area contributed by atoms with Crippen molar-refractivity contribution in [1.82, 2.24) is 4.90 Å². The van der Waals surface area contributed by atoms with Gasteiger partial charge in [-0.25, -0.2) is 0 Å². The van der Waals surface area contributed by atoms with E-state index in [4.69, 9.17) is 0 Å². The lowest BCUT2D eigenvalue weighted by Crippen LogP contribution is -2.48. The van der Waals surface area contributed by atoms with E-state index < -0.39 is 0 Å². The number of carbonyl (C=O) groups is 1. The lowest BCUT2D eigenvalue weighted by atomic mass is 10.1. The van der Waals surface area contributed by atoms with Crippen molar-refractivity contribution in [3.63, 3.8) is 0 Å². The second kappa shape index (κ2) is 7.70. The molecule has 4 nitrogen and oxygen atoms in total. The second-order valence-electron chi connectivity index (χ2n) is 6.97. The van der Waals surface area contributed by atoms with E-state index in [-0.39, 0.29) is 5.91 Å². The zero-order chi connectivity index (χ0) is 17.8. The first-order chi connectivity index (χ1) is 12.0. The number of nitrogens with one attached hydrogen (secondary N) is 1. The molecule has 0 unspecified atom stereocenters. The predicted octanol–water partition coefficient (Wildman–Crippen LogP) is 3.37. The van der Waals surface area contributed by atoms with Crippen molar-refractivity contribution in [2.75, 3.05) is 42.9 Å². The topological polar surface area (TPSA) is 35.6 Å². The summed E-state index contributed by atoms with van der Waals surface area (Å²) in [5, 5.41) is 3.04. The van der Waals surface area contributed by atoms with E-state index in [1.807, 2.05) is 19.1 Å². The Balaban J connectivity index is 1.51.